The lowest BCUT2D eigenvalue weighted by atomic mass is 9.77. The predicted molar refractivity (Wildman–Crippen MR) is 105 cm³/mol. The highest BCUT2D eigenvalue weighted by Crippen LogP contribution is 2.44. The lowest BCUT2D eigenvalue weighted by Gasteiger charge is -2.29. The van der Waals surface area contributed by atoms with E-state index in [1.54, 1.807) is 32.8 Å². The summed E-state index contributed by atoms with van der Waals surface area (Å²) in [5.41, 5.74) is 2.12. The normalized spacial score (nSPS) is 15.5. The van der Waals surface area contributed by atoms with Crippen LogP contribution >= 0.6 is 0 Å². The maximum absolute atomic E-state index is 13.3. The molecule has 1 aromatic carbocycles. The zero-order valence-electron chi connectivity index (χ0n) is 16.1. The van der Waals surface area contributed by atoms with Gasteiger partial charge in [-0.05, 0) is 30.5 Å². The Hall–Kier alpha value is -3.09. The molecule has 1 fully saturated rings. The summed E-state index contributed by atoms with van der Waals surface area (Å²) in [4.78, 5) is 21.7. The van der Waals surface area contributed by atoms with E-state index in [9.17, 15) is 4.79 Å². The zero-order valence-corrected chi connectivity index (χ0v) is 16.1. The molecule has 1 aliphatic carbocycles. The standard InChI is InChI=1S/C21H24N4O3/c1-27-17-6-5-15(11-18(17)28-2)21(7-3-4-8-21)20(26)24-13-16-12-23-19-14-22-9-10-25(16)19/h5-6,9-12,14H,3-4,7-8,13H2,1-2H3,(H,24,26). The number of imidazole rings is 1. The zero-order chi connectivity index (χ0) is 19.6. The Balaban J connectivity index is 1.59. The molecule has 3 aromatic rings. The van der Waals surface area contributed by atoms with Crippen LogP contribution in [0.15, 0.2) is 43.0 Å². The van der Waals surface area contributed by atoms with Gasteiger partial charge < -0.3 is 14.8 Å². The van der Waals surface area contributed by atoms with Crippen molar-refractivity contribution >= 4 is 11.6 Å². The first kappa shape index (κ1) is 18.3. The van der Waals surface area contributed by atoms with Crippen molar-refractivity contribution in [3.05, 3.63) is 54.2 Å². The second-order valence-electron chi connectivity index (χ2n) is 7.10. The number of fused-ring (bicyclic) bond motifs is 1. The number of nitrogens with zero attached hydrogens (tertiary/aromatic N) is 3. The highest BCUT2D eigenvalue weighted by atomic mass is 16.5. The number of amides is 1. The molecule has 2 aromatic heterocycles. The number of carbonyl (C=O) groups excluding carboxylic acids is 1. The van der Waals surface area contributed by atoms with Crippen molar-refractivity contribution < 1.29 is 14.3 Å². The maximum Gasteiger partial charge on any atom is 0.230 e. The molecule has 28 heavy (non-hydrogen) atoms. The third-order valence-electron chi connectivity index (χ3n) is 5.65. The minimum atomic E-state index is -0.540. The minimum Gasteiger partial charge on any atom is -0.493 e. The van der Waals surface area contributed by atoms with Gasteiger partial charge in [-0.25, -0.2) is 4.98 Å². The molecule has 0 radical (unpaired) electrons. The summed E-state index contributed by atoms with van der Waals surface area (Å²) in [6.07, 6.45) is 10.7. The average molecular weight is 380 g/mol. The molecule has 4 rings (SSSR count). The summed E-state index contributed by atoms with van der Waals surface area (Å²) in [6.45, 7) is 0.416. The van der Waals surface area contributed by atoms with Crippen molar-refractivity contribution in [2.75, 3.05) is 14.2 Å². The van der Waals surface area contributed by atoms with Gasteiger partial charge in [0.2, 0.25) is 5.91 Å². The molecule has 0 unspecified atom stereocenters. The summed E-state index contributed by atoms with van der Waals surface area (Å²) in [5.74, 6) is 1.36. The Morgan fingerprint density at radius 1 is 1.18 bits per heavy atom. The van der Waals surface area contributed by atoms with Crippen LogP contribution in [0.2, 0.25) is 0 Å². The first-order chi connectivity index (χ1) is 13.7. The number of methoxy groups -OCH3 is 2. The van der Waals surface area contributed by atoms with Crippen molar-refractivity contribution in [2.24, 2.45) is 0 Å². The molecular weight excluding hydrogens is 356 g/mol. The second kappa shape index (κ2) is 7.50. The average Bonchev–Trinajstić information content (AvgIpc) is 3.39. The monoisotopic (exact) mass is 380 g/mol. The molecule has 0 bridgehead atoms. The number of benzene rings is 1. The summed E-state index contributed by atoms with van der Waals surface area (Å²) in [6, 6.07) is 5.79. The van der Waals surface area contributed by atoms with E-state index >= 15 is 0 Å². The first-order valence-electron chi connectivity index (χ1n) is 9.45. The van der Waals surface area contributed by atoms with Gasteiger partial charge in [0.1, 0.15) is 0 Å². The predicted octanol–water partition coefficient (Wildman–Crippen LogP) is 2.87. The van der Waals surface area contributed by atoms with Crippen molar-refractivity contribution in [1.29, 1.82) is 0 Å². The Labute approximate surface area is 163 Å². The van der Waals surface area contributed by atoms with Crippen LogP contribution in [0, 0.1) is 0 Å². The molecule has 0 atom stereocenters. The van der Waals surface area contributed by atoms with E-state index in [2.05, 4.69) is 15.3 Å². The van der Waals surface area contributed by atoms with Crippen molar-refractivity contribution in [1.82, 2.24) is 19.7 Å². The van der Waals surface area contributed by atoms with Crippen LogP contribution in [0.4, 0.5) is 0 Å². The number of rotatable bonds is 6. The summed E-state index contributed by atoms with van der Waals surface area (Å²) < 4.78 is 12.7. The third kappa shape index (κ3) is 3.06. The molecule has 1 aliphatic rings. The fraction of sp³-hybridized carbons (Fsp3) is 0.381. The fourth-order valence-electron chi connectivity index (χ4n) is 4.12. The molecule has 1 N–H and O–H groups in total. The number of hydrogen-bond acceptors (Lipinski definition) is 5. The quantitative estimate of drug-likeness (QED) is 0.711. The van der Waals surface area contributed by atoms with E-state index in [-0.39, 0.29) is 5.91 Å². The van der Waals surface area contributed by atoms with Crippen LogP contribution in [0.5, 0.6) is 11.5 Å². The third-order valence-corrected chi connectivity index (χ3v) is 5.65. The first-order valence-corrected chi connectivity index (χ1v) is 9.45. The summed E-state index contributed by atoms with van der Waals surface area (Å²) in [7, 11) is 3.23. The van der Waals surface area contributed by atoms with Crippen LogP contribution in [0.1, 0.15) is 36.9 Å². The van der Waals surface area contributed by atoms with E-state index in [1.807, 2.05) is 28.8 Å². The number of carbonyl (C=O) groups is 1. The van der Waals surface area contributed by atoms with Gasteiger partial charge in [-0.3, -0.25) is 14.2 Å². The van der Waals surface area contributed by atoms with Gasteiger partial charge in [0.15, 0.2) is 17.1 Å². The number of nitrogens with one attached hydrogen (secondary N) is 1. The van der Waals surface area contributed by atoms with Gasteiger partial charge in [0.25, 0.3) is 0 Å². The number of hydrogen-bond donors (Lipinski definition) is 1. The molecule has 2 heterocycles. The van der Waals surface area contributed by atoms with Gasteiger partial charge in [-0.2, -0.15) is 0 Å². The van der Waals surface area contributed by atoms with Crippen LogP contribution in [0.25, 0.3) is 5.65 Å². The van der Waals surface area contributed by atoms with E-state index in [1.165, 1.54) is 0 Å². The van der Waals surface area contributed by atoms with Crippen LogP contribution < -0.4 is 14.8 Å². The Kier molecular flexibility index (Phi) is 4.90. The topological polar surface area (TPSA) is 77.8 Å². The molecule has 0 spiro atoms. The molecule has 1 amide bonds. The smallest absolute Gasteiger partial charge is 0.230 e. The van der Waals surface area contributed by atoms with Crippen LogP contribution in [-0.2, 0) is 16.8 Å². The SMILES string of the molecule is COc1ccc(C2(C(=O)NCc3cnc4cnccn34)CCCC2)cc1OC. The Morgan fingerprint density at radius 2 is 1.96 bits per heavy atom. The molecule has 1 saturated carbocycles. The Morgan fingerprint density at radius 3 is 2.71 bits per heavy atom. The number of aromatic nitrogens is 3. The van der Waals surface area contributed by atoms with Crippen molar-refractivity contribution in [3.63, 3.8) is 0 Å². The van der Waals surface area contributed by atoms with E-state index < -0.39 is 5.41 Å². The molecule has 0 aliphatic heterocycles. The lowest BCUT2D eigenvalue weighted by molar-refractivity contribution is -0.126. The summed E-state index contributed by atoms with van der Waals surface area (Å²) >= 11 is 0. The maximum atomic E-state index is 13.3. The lowest BCUT2D eigenvalue weighted by Crippen LogP contribution is -2.42. The van der Waals surface area contributed by atoms with Gasteiger partial charge >= 0.3 is 0 Å². The van der Waals surface area contributed by atoms with Crippen LogP contribution in [-0.4, -0.2) is 34.5 Å². The minimum absolute atomic E-state index is 0.0428. The molecule has 7 heteroatoms. The highest BCUT2D eigenvalue weighted by Gasteiger charge is 2.43. The van der Waals surface area contributed by atoms with E-state index in [0.29, 0.717) is 18.0 Å². The molecule has 146 valence electrons. The van der Waals surface area contributed by atoms with Crippen molar-refractivity contribution in [3.8, 4) is 11.5 Å². The van der Waals surface area contributed by atoms with Crippen LogP contribution in [0.3, 0.4) is 0 Å². The molecule has 0 saturated heterocycles. The van der Waals surface area contributed by atoms with E-state index in [4.69, 9.17) is 9.47 Å². The summed E-state index contributed by atoms with van der Waals surface area (Å²) in [5, 5.41) is 3.13. The second-order valence-corrected chi connectivity index (χ2v) is 7.10. The fourth-order valence-corrected chi connectivity index (χ4v) is 4.12. The molecule has 7 nitrogen and oxygen atoms in total. The Bertz CT molecular complexity index is 992. The van der Waals surface area contributed by atoms with Crippen molar-refractivity contribution in [2.45, 2.75) is 37.6 Å². The van der Waals surface area contributed by atoms with E-state index in [0.717, 1.165) is 42.6 Å². The van der Waals surface area contributed by atoms with Gasteiger partial charge in [0, 0.05) is 12.4 Å². The molecular formula is C21H24N4O3. The van der Waals surface area contributed by atoms with Gasteiger partial charge in [0.05, 0.1) is 44.3 Å². The largest absolute Gasteiger partial charge is 0.493 e. The van der Waals surface area contributed by atoms with Gasteiger partial charge in [-0.1, -0.05) is 18.9 Å². The highest BCUT2D eigenvalue weighted by molar-refractivity contribution is 5.88. The number of ether oxygens (including phenoxy) is 2. The van der Waals surface area contributed by atoms with Gasteiger partial charge in [-0.15, -0.1) is 0 Å².